The van der Waals surface area contributed by atoms with Gasteiger partial charge in [-0.05, 0) is 28.1 Å². The first-order valence-electron chi connectivity index (χ1n) is 4.52. The number of hydrogen-bond donors (Lipinski definition) is 0. The van der Waals surface area contributed by atoms with E-state index in [2.05, 4.69) is 20.9 Å². The van der Waals surface area contributed by atoms with Crippen molar-refractivity contribution in [1.29, 1.82) is 0 Å². The van der Waals surface area contributed by atoms with E-state index in [1.54, 1.807) is 17.8 Å². The summed E-state index contributed by atoms with van der Waals surface area (Å²) in [5.74, 6) is -0.522. The number of ketones is 1. The lowest BCUT2D eigenvalue weighted by atomic mass is 10.1. The smallest absolute Gasteiger partial charge is 0.168 e. The van der Waals surface area contributed by atoms with E-state index in [0.29, 0.717) is 10.0 Å². The maximum Gasteiger partial charge on any atom is 0.168 e. The van der Waals surface area contributed by atoms with E-state index in [0.717, 1.165) is 4.88 Å². The Labute approximate surface area is 104 Å². The van der Waals surface area contributed by atoms with Crippen LogP contribution in [0.4, 0.5) is 4.39 Å². The predicted molar refractivity (Wildman–Crippen MR) is 64.2 cm³/mol. The summed E-state index contributed by atoms with van der Waals surface area (Å²) in [7, 11) is 0. The quantitative estimate of drug-likeness (QED) is 0.812. The second kappa shape index (κ2) is 4.84. The third-order valence-corrected chi connectivity index (χ3v) is 3.48. The normalized spacial score (nSPS) is 10.4. The second-order valence-corrected chi connectivity index (χ2v) is 5.02. The molecule has 0 aliphatic rings. The highest BCUT2D eigenvalue weighted by Crippen LogP contribution is 2.18. The molecule has 0 fully saturated rings. The monoisotopic (exact) mass is 299 g/mol. The molecule has 0 spiro atoms. The number of rotatable bonds is 3. The second-order valence-electron chi connectivity index (χ2n) is 3.20. The Hall–Kier alpha value is -1.07. The van der Waals surface area contributed by atoms with Gasteiger partial charge in [-0.15, -0.1) is 11.3 Å². The fourth-order valence-electron chi connectivity index (χ4n) is 1.26. The van der Waals surface area contributed by atoms with Gasteiger partial charge < -0.3 is 0 Å². The molecule has 82 valence electrons. The van der Waals surface area contributed by atoms with Gasteiger partial charge in [-0.25, -0.2) is 4.39 Å². The Balaban J connectivity index is 2.18. The Bertz CT molecular complexity index is 513. The zero-order chi connectivity index (χ0) is 11.5. The van der Waals surface area contributed by atoms with Crippen LogP contribution in [0.3, 0.4) is 0 Å². The fourth-order valence-corrected chi connectivity index (χ4v) is 2.10. The van der Waals surface area contributed by atoms with Gasteiger partial charge in [0.25, 0.3) is 0 Å². The molecule has 1 heterocycles. The molecule has 0 bridgehead atoms. The van der Waals surface area contributed by atoms with Crippen molar-refractivity contribution in [2.24, 2.45) is 0 Å². The minimum absolute atomic E-state index is 0.101. The molecular weight excluding hydrogens is 293 g/mol. The van der Waals surface area contributed by atoms with Crippen molar-refractivity contribution in [2.75, 3.05) is 0 Å². The van der Waals surface area contributed by atoms with Crippen LogP contribution < -0.4 is 0 Å². The number of thiazole rings is 1. The van der Waals surface area contributed by atoms with E-state index in [9.17, 15) is 9.18 Å². The highest BCUT2D eigenvalue weighted by Gasteiger charge is 2.10. The van der Waals surface area contributed by atoms with Crippen LogP contribution in [0.25, 0.3) is 0 Å². The first kappa shape index (κ1) is 11.4. The van der Waals surface area contributed by atoms with Crippen molar-refractivity contribution in [1.82, 2.24) is 4.98 Å². The van der Waals surface area contributed by atoms with Gasteiger partial charge in [0.2, 0.25) is 0 Å². The molecule has 1 aromatic heterocycles. The first-order valence-corrected chi connectivity index (χ1v) is 6.19. The molecule has 2 rings (SSSR count). The van der Waals surface area contributed by atoms with E-state index in [1.807, 2.05) is 0 Å². The van der Waals surface area contributed by atoms with E-state index in [1.165, 1.54) is 23.5 Å². The van der Waals surface area contributed by atoms with E-state index in [4.69, 9.17) is 0 Å². The van der Waals surface area contributed by atoms with E-state index in [-0.39, 0.29) is 12.2 Å². The lowest BCUT2D eigenvalue weighted by Gasteiger charge is -2.00. The maximum absolute atomic E-state index is 13.2. The van der Waals surface area contributed by atoms with Gasteiger partial charge in [-0.2, -0.15) is 0 Å². The Morgan fingerprint density at radius 1 is 1.50 bits per heavy atom. The SMILES string of the molecule is O=C(Cc1cncs1)c1ccc(Br)c(F)c1. The molecule has 5 heteroatoms. The standard InChI is InChI=1S/C11H7BrFNOS/c12-9-2-1-7(3-10(9)13)11(15)4-8-5-14-6-16-8/h1-3,5-6H,4H2. The zero-order valence-electron chi connectivity index (χ0n) is 8.11. The molecule has 0 aliphatic heterocycles. The number of hydrogen-bond acceptors (Lipinski definition) is 3. The van der Waals surface area contributed by atoms with Gasteiger partial charge in [0.1, 0.15) is 5.82 Å². The van der Waals surface area contributed by atoms with Crippen molar-refractivity contribution in [3.05, 3.63) is 50.6 Å². The molecule has 0 radical (unpaired) electrons. The molecule has 0 N–H and O–H groups in total. The third kappa shape index (κ3) is 2.54. The van der Waals surface area contributed by atoms with Gasteiger partial charge >= 0.3 is 0 Å². The summed E-state index contributed by atoms with van der Waals surface area (Å²) in [6.07, 6.45) is 1.92. The van der Waals surface area contributed by atoms with Crippen LogP contribution in [0.2, 0.25) is 0 Å². The third-order valence-electron chi connectivity index (χ3n) is 2.06. The zero-order valence-corrected chi connectivity index (χ0v) is 10.5. The van der Waals surface area contributed by atoms with Crippen LogP contribution in [0, 0.1) is 5.82 Å². The molecule has 16 heavy (non-hydrogen) atoms. The minimum atomic E-state index is -0.421. The van der Waals surface area contributed by atoms with E-state index >= 15 is 0 Å². The van der Waals surface area contributed by atoms with Gasteiger partial charge in [-0.3, -0.25) is 9.78 Å². The van der Waals surface area contributed by atoms with Crippen molar-refractivity contribution in [3.63, 3.8) is 0 Å². The number of Topliss-reactive ketones (excluding diaryl/α,β-unsaturated/α-hetero) is 1. The topological polar surface area (TPSA) is 30.0 Å². The number of carbonyl (C=O) groups is 1. The molecule has 0 unspecified atom stereocenters. The summed E-state index contributed by atoms with van der Waals surface area (Å²) in [5.41, 5.74) is 2.05. The Kier molecular flexibility index (Phi) is 3.46. The lowest BCUT2D eigenvalue weighted by molar-refractivity contribution is 0.0993. The van der Waals surface area contributed by atoms with Crippen molar-refractivity contribution >= 4 is 33.0 Å². The highest BCUT2D eigenvalue weighted by molar-refractivity contribution is 9.10. The summed E-state index contributed by atoms with van der Waals surface area (Å²) < 4.78 is 13.6. The van der Waals surface area contributed by atoms with Crippen LogP contribution in [0.15, 0.2) is 34.4 Å². The first-order chi connectivity index (χ1) is 7.66. The summed E-state index contributed by atoms with van der Waals surface area (Å²) in [6.45, 7) is 0. The van der Waals surface area contributed by atoms with Crippen LogP contribution in [-0.4, -0.2) is 10.8 Å². The number of carbonyl (C=O) groups excluding carboxylic acids is 1. The molecule has 0 saturated carbocycles. The molecular formula is C11H7BrFNOS. The minimum Gasteiger partial charge on any atom is -0.294 e. The molecule has 0 atom stereocenters. The van der Waals surface area contributed by atoms with E-state index < -0.39 is 5.82 Å². The number of benzene rings is 1. The van der Waals surface area contributed by atoms with Gasteiger partial charge in [0, 0.05) is 23.1 Å². The van der Waals surface area contributed by atoms with Crippen LogP contribution in [-0.2, 0) is 6.42 Å². The molecule has 2 aromatic rings. The van der Waals surface area contributed by atoms with Crippen LogP contribution >= 0.6 is 27.3 Å². The summed E-state index contributed by atoms with van der Waals surface area (Å²) >= 11 is 4.46. The van der Waals surface area contributed by atoms with Crippen LogP contribution in [0.5, 0.6) is 0 Å². The molecule has 0 amide bonds. The van der Waals surface area contributed by atoms with Crippen molar-refractivity contribution in [2.45, 2.75) is 6.42 Å². The largest absolute Gasteiger partial charge is 0.294 e. The summed E-state index contributed by atoms with van der Waals surface area (Å²) in [5, 5.41) is 0. The van der Waals surface area contributed by atoms with Gasteiger partial charge in [0.15, 0.2) is 5.78 Å². The Morgan fingerprint density at radius 2 is 2.31 bits per heavy atom. The average molecular weight is 300 g/mol. The molecule has 1 aromatic carbocycles. The van der Waals surface area contributed by atoms with Crippen molar-refractivity contribution in [3.8, 4) is 0 Å². The number of aromatic nitrogens is 1. The number of nitrogens with zero attached hydrogens (tertiary/aromatic N) is 1. The summed E-state index contributed by atoms with van der Waals surface area (Å²) in [6, 6.07) is 4.39. The van der Waals surface area contributed by atoms with Crippen molar-refractivity contribution < 1.29 is 9.18 Å². The average Bonchev–Trinajstić information content (AvgIpc) is 2.74. The molecule has 0 aliphatic carbocycles. The summed E-state index contributed by atoms with van der Waals surface area (Å²) in [4.78, 5) is 16.5. The lowest BCUT2D eigenvalue weighted by Crippen LogP contribution is -2.02. The van der Waals surface area contributed by atoms with Gasteiger partial charge in [-0.1, -0.05) is 6.07 Å². The number of halogens is 2. The highest BCUT2D eigenvalue weighted by atomic mass is 79.9. The molecule has 2 nitrogen and oxygen atoms in total. The molecule has 0 saturated heterocycles. The Morgan fingerprint density at radius 3 is 2.94 bits per heavy atom. The maximum atomic E-state index is 13.2. The van der Waals surface area contributed by atoms with Gasteiger partial charge in [0.05, 0.1) is 9.98 Å². The predicted octanol–water partition coefficient (Wildman–Crippen LogP) is 3.47. The fraction of sp³-hybridized carbons (Fsp3) is 0.0909. The van der Waals surface area contributed by atoms with Crippen LogP contribution in [0.1, 0.15) is 15.2 Å².